The summed E-state index contributed by atoms with van der Waals surface area (Å²) >= 11 is -0.976. The standard InChI is InChI=1S/3C4H9.BrH.Sn/c3*1-4(2)3;;/h3*4H,1H2,2-3H3;1H;. The van der Waals surface area contributed by atoms with Gasteiger partial charge in [-0.3, -0.25) is 0 Å². The normalized spacial score (nSPS) is 11.6. The first-order chi connectivity index (χ1) is 5.91. The van der Waals surface area contributed by atoms with E-state index in [1.54, 1.807) is 13.3 Å². The van der Waals surface area contributed by atoms with Crippen molar-refractivity contribution in [3.05, 3.63) is 0 Å². The predicted octanol–water partition coefficient (Wildman–Crippen LogP) is 5.03. The summed E-state index contributed by atoms with van der Waals surface area (Å²) in [6, 6.07) is 0. The van der Waals surface area contributed by atoms with Gasteiger partial charge in [-0.25, -0.2) is 0 Å². The number of hydrogen-bond donors (Lipinski definition) is 0. The molecule has 0 nitrogen and oxygen atoms in total. The summed E-state index contributed by atoms with van der Waals surface area (Å²) in [4.78, 5) is 0. The molecule has 0 amide bonds. The fourth-order valence-corrected chi connectivity index (χ4v) is 13.3. The Morgan fingerprint density at radius 2 is 0.857 bits per heavy atom. The summed E-state index contributed by atoms with van der Waals surface area (Å²) in [5.74, 6) is 2.85. The Morgan fingerprint density at radius 3 is 1.00 bits per heavy atom. The number of hydrogen-bond acceptors (Lipinski definition) is 0. The van der Waals surface area contributed by atoms with Crippen LogP contribution in [0.25, 0.3) is 0 Å². The molecule has 0 aromatic rings. The SMILES string of the molecule is Br.CC(C)[CH2][Sn]([CH2]C(C)C)[CH2]C(C)C. The summed E-state index contributed by atoms with van der Waals surface area (Å²) in [7, 11) is 0. The second-order valence-corrected chi connectivity index (χ2v) is 13.3. The van der Waals surface area contributed by atoms with Crippen LogP contribution in [0.5, 0.6) is 0 Å². The molecule has 0 aliphatic carbocycles. The first-order valence-corrected chi connectivity index (χ1v) is 11.8. The molecule has 0 saturated heterocycles. The van der Waals surface area contributed by atoms with Crippen molar-refractivity contribution in [1.82, 2.24) is 0 Å². The van der Waals surface area contributed by atoms with Crippen LogP contribution in [0.1, 0.15) is 41.5 Å². The van der Waals surface area contributed by atoms with Crippen LogP contribution in [0.2, 0.25) is 13.3 Å². The van der Waals surface area contributed by atoms with Crippen molar-refractivity contribution in [2.24, 2.45) is 17.8 Å². The van der Waals surface area contributed by atoms with E-state index in [-0.39, 0.29) is 17.0 Å². The van der Waals surface area contributed by atoms with Crippen molar-refractivity contribution >= 4 is 36.7 Å². The Morgan fingerprint density at radius 1 is 0.643 bits per heavy atom. The van der Waals surface area contributed by atoms with Gasteiger partial charge in [0.2, 0.25) is 0 Å². The fraction of sp³-hybridized carbons (Fsp3) is 1.00. The van der Waals surface area contributed by atoms with Gasteiger partial charge in [-0.05, 0) is 0 Å². The van der Waals surface area contributed by atoms with Crippen LogP contribution in [0.4, 0.5) is 0 Å². The number of rotatable bonds is 6. The van der Waals surface area contributed by atoms with Crippen LogP contribution in [-0.4, -0.2) is 19.8 Å². The van der Waals surface area contributed by atoms with Crippen LogP contribution >= 0.6 is 17.0 Å². The third-order valence-electron chi connectivity index (χ3n) is 2.09. The van der Waals surface area contributed by atoms with Crippen LogP contribution in [0, 0.1) is 17.8 Å². The topological polar surface area (TPSA) is 0 Å². The van der Waals surface area contributed by atoms with Gasteiger partial charge in [0.1, 0.15) is 0 Å². The van der Waals surface area contributed by atoms with E-state index in [4.69, 9.17) is 0 Å². The molecule has 0 aromatic heterocycles. The minimum absolute atomic E-state index is 0. The third-order valence-corrected chi connectivity index (χ3v) is 14.0. The molecule has 1 radical (unpaired) electrons. The average molecular weight is 371 g/mol. The quantitative estimate of drug-likeness (QED) is 0.575. The molecule has 0 N–H and O–H groups in total. The molecule has 0 fully saturated rings. The summed E-state index contributed by atoms with van der Waals surface area (Å²) in [6.45, 7) is 14.3. The molecule has 0 unspecified atom stereocenters. The van der Waals surface area contributed by atoms with Crippen molar-refractivity contribution in [2.75, 3.05) is 0 Å². The van der Waals surface area contributed by atoms with Crippen molar-refractivity contribution in [1.29, 1.82) is 0 Å². The zero-order valence-electron chi connectivity index (χ0n) is 10.8. The van der Waals surface area contributed by atoms with Crippen LogP contribution in [0.3, 0.4) is 0 Å². The van der Waals surface area contributed by atoms with Crippen molar-refractivity contribution in [3.8, 4) is 0 Å². The van der Waals surface area contributed by atoms with Crippen LogP contribution in [0.15, 0.2) is 0 Å². The van der Waals surface area contributed by atoms with Crippen molar-refractivity contribution in [3.63, 3.8) is 0 Å². The second kappa shape index (κ2) is 9.50. The van der Waals surface area contributed by atoms with Gasteiger partial charge in [0.05, 0.1) is 0 Å². The van der Waals surface area contributed by atoms with Crippen molar-refractivity contribution < 1.29 is 0 Å². The first kappa shape index (κ1) is 17.7. The van der Waals surface area contributed by atoms with Gasteiger partial charge < -0.3 is 0 Å². The van der Waals surface area contributed by atoms with E-state index < -0.39 is 19.8 Å². The molecule has 0 heterocycles. The Kier molecular flexibility index (Phi) is 12.0. The van der Waals surface area contributed by atoms with E-state index in [9.17, 15) is 0 Å². The second-order valence-electron chi connectivity index (χ2n) is 5.54. The molecule has 0 spiro atoms. The molecular formula is C12H28BrSn. The van der Waals surface area contributed by atoms with Gasteiger partial charge in [0.15, 0.2) is 0 Å². The third kappa shape index (κ3) is 11.4. The van der Waals surface area contributed by atoms with E-state index in [0.29, 0.717) is 0 Å². The molecule has 14 heavy (non-hydrogen) atoms. The summed E-state index contributed by atoms with van der Waals surface area (Å²) < 4.78 is 4.83. The summed E-state index contributed by atoms with van der Waals surface area (Å²) in [5.41, 5.74) is 0. The molecule has 87 valence electrons. The zero-order chi connectivity index (χ0) is 10.4. The van der Waals surface area contributed by atoms with Crippen LogP contribution < -0.4 is 0 Å². The Balaban J connectivity index is 0. The van der Waals surface area contributed by atoms with Gasteiger partial charge in [-0.15, -0.1) is 17.0 Å². The Hall–Kier alpha value is 1.28. The van der Waals surface area contributed by atoms with Gasteiger partial charge in [0.25, 0.3) is 0 Å². The maximum atomic E-state index is 2.39. The van der Waals surface area contributed by atoms with E-state index in [2.05, 4.69) is 41.5 Å². The monoisotopic (exact) mass is 371 g/mol. The minimum atomic E-state index is -0.976. The van der Waals surface area contributed by atoms with Gasteiger partial charge in [-0.2, -0.15) is 0 Å². The number of halogens is 1. The molecular weight excluding hydrogens is 343 g/mol. The molecule has 0 aliphatic heterocycles. The Labute approximate surface area is 109 Å². The molecule has 0 atom stereocenters. The van der Waals surface area contributed by atoms with E-state index in [0.717, 1.165) is 17.8 Å². The molecule has 0 aliphatic rings. The predicted molar refractivity (Wildman–Crippen MR) is 75.0 cm³/mol. The average Bonchev–Trinajstić information content (AvgIpc) is 1.80. The summed E-state index contributed by atoms with van der Waals surface area (Å²) in [5, 5.41) is 0. The van der Waals surface area contributed by atoms with E-state index >= 15 is 0 Å². The van der Waals surface area contributed by atoms with E-state index in [1.165, 1.54) is 0 Å². The van der Waals surface area contributed by atoms with Crippen LogP contribution in [-0.2, 0) is 0 Å². The molecule has 0 aromatic carbocycles. The van der Waals surface area contributed by atoms with Gasteiger partial charge in [0, 0.05) is 0 Å². The fourth-order valence-electron chi connectivity index (χ4n) is 1.98. The van der Waals surface area contributed by atoms with Gasteiger partial charge in [-0.1, -0.05) is 0 Å². The molecule has 0 saturated carbocycles. The Bertz CT molecular complexity index is 97.7. The summed E-state index contributed by atoms with van der Waals surface area (Å²) in [6.07, 6.45) is 0. The molecule has 0 rings (SSSR count). The zero-order valence-corrected chi connectivity index (χ0v) is 15.3. The van der Waals surface area contributed by atoms with Gasteiger partial charge >= 0.3 is 92.4 Å². The molecule has 0 bridgehead atoms. The maximum absolute atomic E-state index is 2.39. The molecule has 2 heteroatoms. The van der Waals surface area contributed by atoms with Crippen molar-refractivity contribution in [2.45, 2.75) is 54.9 Å². The first-order valence-electron chi connectivity index (χ1n) is 5.75. The van der Waals surface area contributed by atoms with E-state index in [1.807, 2.05) is 0 Å².